The zero-order valence-corrected chi connectivity index (χ0v) is 15.3. The van der Waals surface area contributed by atoms with Gasteiger partial charge in [0.05, 0.1) is 0 Å². The van der Waals surface area contributed by atoms with Crippen molar-refractivity contribution in [1.82, 2.24) is 9.88 Å². The summed E-state index contributed by atoms with van der Waals surface area (Å²) in [6.07, 6.45) is 0.835. The molecule has 3 N–H and O–H groups in total. The molecule has 0 fully saturated rings. The van der Waals surface area contributed by atoms with Crippen LogP contribution in [0.3, 0.4) is 0 Å². The Hall–Kier alpha value is -2.02. The first-order chi connectivity index (χ1) is 12.9. The molecule has 1 unspecified atom stereocenters. The maximum absolute atomic E-state index is 13.8. The number of nitrogens with zero attached hydrogens (tertiary/aromatic N) is 1. The number of fused-ring (bicyclic) bond motifs is 3. The number of aromatic amines is 1. The van der Waals surface area contributed by atoms with Crippen LogP contribution in [-0.4, -0.2) is 35.1 Å². The molecule has 0 aliphatic carbocycles. The lowest BCUT2D eigenvalue weighted by Crippen LogP contribution is -2.43. The molecule has 2 aromatic rings. The summed E-state index contributed by atoms with van der Waals surface area (Å²) in [4.78, 5) is 15.3. The number of hydrogen-bond donors (Lipinski definition) is 2. The van der Waals surface area contributed by atoms with Crippen LogP contribution in [0.5, 0.6) is 0 Å². The molecule has 0 saturated carbocycles. The number of rotatable bonds is 8. The largest absolute Gasteiger partial charge is 0.409 e. The van der Waals surface area contributed by atoms with Crippen LogP contribution in [0.2, 0.25) is 0 Å². The molecular weight excluding hydrogens is 355 g/mol. The number of benzene rings is 1. The van der Waals surface area contributed by atoms with Gasteiger partial charge in [0.2, 0.25) is 5.91 Å². The van der Waals surface area contributed by atoms with E-state index in [1.165, 1.54) is 0 Å². The molecule has 1 aromatic carbocycles. The Morgan fingerprint density at radius 2 is 1.85 bits per heavy atom. The second kappa shape index (κ2) is 8.33. The van der Waals surface area contributed by atoms with Gasteiger partial charge in [0, 0.05) is 29.6 Å². The van der Waals surface area contributed by atoms with Gasteiger partial charge < -0.3 is 10.7 Å². The van der Waals surface area contributed by atoms with Gasteiger partial charge in [-0.2, -0.15) is 13.2 Å². The third-order valence-corrected chi connectivity index (χ3v) is 5.31. The minimum Gasteiger partial charge on any atom is -0.370 e. The quantitative estimate of drug-likeness (QED) is 0.664. The van der Waals surface area contributed by atoms with E-state index in [1.807, 2.05) is 24.3 Å². The molecular formula is C20H26F3N3O. The number of carbonyl (C=O) groups excluding carboxylic acids is 1. The topological polar surface area (TPSA) is 62.1 Å². The Bertz CT molecular complexity index is 784. The Kier molecular flexibility index (Phi) is 6.09. The Labute approximate surface area is 156 Å². The van der Waals surface area contributed by atoms with Crippen LogP contribution in [-0.2, 0) is 11.2 Å². The predicted octanol–water partition coefficient (Wildman–Crippen LogP) is 4.46. The number of halogens is 3. The van der Waals surface area contributed by atoms with Crippen molar-refractivity contribution in [3.63, 3.8) is 0 Å². The molecule has 1 aliphatic heterocycles. The van der Waals surface area contributed by atoms with Gasteiger partial charge in [0.15, 0.2) is 0 Å². The fraction of sp³-hybridized carbons (Fsp3) is 0.550. The van der Waals surface area contributed by atoms with Gasteiger partial charge in [-0.1, -0.05) is 37.5 Å². The standard InChI is InChI=1S/C20H26F3N3O/c21-20(22,23)19-18-15(14-8-5-6-9-16(14)25-18)11-13-26(19)12-7-3-1-2-4-10-17(24)27/h5-6,8-9,19,25H,1-4,7,10-13H2,(H2,24,27). The highest BCUT2D eigenvalue weighted by Crippen LogP contribution is 2.43. The van der Waals surface area contributed by atoms with E-state index in [4.69, 9.17) is 5.73 Å². The summed E-state index contributed by atoms with van der Waals surface area (Å²) in [5, 5.41) is 0.899. The van der Waals surface area contributed by atoms with Crippen LogP contribution in [0.4, 0.5) is 13.2 Å². The average Bonchev–Trinajstić information content (AvgIpc) is 2.97. The number of carbonyl (C=O) groups is 1. The number of primary amides is 1. The van der Waals surface area contributed by atoms with E-state index >= 15 is 0 Å². The Morgan fingerprint density at radius 3 is 2.59 bits per heavy atom. The van der Waals surface area contributed by atoms with Crippen LogP contribution < -0.4 is 5.73 Å². The molecule has 0 saturated heterocycles. The number of hydrogen-bond acceptors (Lipinski definition) is 2. The van der Waals surface area contributed by atoms with Crippen LogP contribution in [0, 0.1) is 0 Å². The Balaban J connectivity index is 1.63. The summed E-state index contributed by atoms with van der Waals surface area (Å²) >= 11 is 0. The van der Waals surface area contributed by atoms with Gasteiger partial charge in [-0.25, -0.2) is 0 Å². The third-order valence-electron chi connectivity index (χ3n) is 5.31. The van der Waals surface area contributed by atoms with Gasteiger partial charge in [-0.05, 0) is 37.4 Å². The number of nitrogens with two attached hydrogens (primary N) is 1. The van der Waals surface area contributed by atoms with Gasteiger partial charge >= 0.3 is 6.18 Å². The van der Waals surface area contributed by atoms with Crippen molar-refractivity contribution in [3.8, 4) is 0 Å². The van der Waals surface area contributed by atoms with Crippen molar-refractivity contribution in [2.45, 2.75) is 57.2 Å². The zero-order valence-electron chi connectivity index (χ0n) is 15.3. The lowest BCUT2D eigenvalue weighted by molar-refractivity contribution is -0.190. The average molecular weight is 381 g/mol. The van der Waals surface area contributed by atoms with Crippen molar-refractivity contribution >= 4 is 16.8 Å². The first-order valence-electron chi connectivity index (χ1n) is 9.56. The summed E-state index contributed by atoms with van der Waals surface area (Å²) in [6, 6.07) is 5.85. The number of H-pyrrole nitrogens is 1. The molecule has 0 spiro atoms. The molecule has 4 nitrogen and oxygen atoms in total. The van der Waals surface area contributed by atoms with Crippen LogP contribution in [0.15, 0.2) is 24.3 Å². The summed E-state index contributed by atoms with van der Waals surface area (Å²) < 4.78 is 41.5. The second-order valence-electron chi connectivity index (χ2n) is 7.28. The smallest absolute Gasteiger partial charge is 0.370 e. The molecule has 0 radical (unpaired) electrons. The fourth-order valence-corrected chi connectivity index (χ4v) is 4.05. The number of aromatic nitrogens is 1. The van der Waals surface area contributed by atoms with E-state index < -0.39 is 12.2 Å². The number of para-hydroxylation sites is 1. The van der Waals surface area contributed by atoms with E-state index in [9.17, 15) is 18.0 Å². The summed E-state index contributed by atoms with van der Waals surface area (Å²) in [5.74, 6) is -0.300. The van der Waals surface area contributed by atoms with Gasteiger partial charge in [0.25, 0.3) is 0 Å². The summed E-state index contributed by atoms with van der Waals surface area (Å²) in [6.45, 7) is 0.843. The maximum Gasteiger partial charge on any atom is 0.409 e. The highest BCUT2D eigenvalue weighted by atomic mass is 19.4. The van der Waals surface area contributed by atoms with Crippen LogP contribution >= 0.6 is 0 Å². The highest BCUT2D eigenvalue weighted by Gasteiger charge is 2.48. The van der Waals surface area contributed by atoms with Crippen LogP contribution in [0.1, 0.15) is 55.8 Å². The summed E-state index contributed by atoms with van der Waals surface area (Å²) in [7, 11) is 0. The van der Waals surface area contributed by atoms with E-state index in [2.05, 4.69) is 4.98 Å². The summed E-state index contributed by atoms with van der Waals surface area (Å²) in [5.41, 5.74) is 6.97. The minimum atomic E-state index is -4.31. The molecule has 148 valence electrons. The molecule has 1 amide bonds. The van der Waals surface area contributed by atoms with Crippen LogP contribution in [0.25, 0.3) is 10.9 Å². The molecule has 1 aromatic heterocycles. The van der Waals surface area contributed by atoms with Crippen molar-refractivity contribution in [2.24, 2.45) is 5.73 Å². The maximum atomic E-state index is 13.8. The van der Waals surface area contributed by atoms with Gasteiger partial charge in [0.1, 0.15) is 6.04 Å². The highest BCUT2D eigenvalue weighted by molar-refractivity contribution is 5.85. The lowest BCUT2D eigenvalue weighted by atomic mass is 9.96. The van der Waals surface area contributed by atoms with Gasteiger partial charge in [-0.3, -0.25) is 9.69 Å². The number of amides is 1. The molecule has 7 heteroatoms. The third kappa shape index (κ3) is 4.64. The van der Waals surface area contributed by atoms with Crippen molar-refractivity contribution in [2.75, 3.05) is 13.1 Å². The first kappa shape index (κ1) is 19.7. The van der Waals surface area contributed by atoms with Crippen molar-refractivity contribution in [3.05, 3.63) is 35.5 Å². The molecule has 2 heterocycles. The second-order valence-corrected chi connectivity index (χ2v) is 7.28. The SMILES string of the molecule is NC(=O)CCCCCCCN1CCc2c([nH]c3ccccc23)C1C(F)(F)F. The Morgan fingerprint density at radius 1 is 1.15 bits per heavy atom. The first-order valence-corrected chi connectivity index (χ1v) is 9.56. The normalized spacial score (nSPS) is 18.0. The number of unbranched alkanes of at least 4 members (excludes halogenated alkanes) is 4. The zero-order chi connectivity index (χ0) is 19.4. The van der Waals surface area contributed by atoms with E-state index in [0.29, 0.717) is 31.6 Å². The minimum absolute atomic E-state index is 0.300. The predicted molar refractivity (Wildman–Crippen MR) is 99.3 cm³/mol. The number of nitrogens with one attached hydrogen (secondary N) is 1. The molecule has 1 aliphatic rings. The lowest BCUT2D eigenvalue weighted by Gasteiger charge is -2.36. The molecule has 27 heavy (non-hydrogen) atoms. The monoisotopic (exact) mass is 381 g/mol. The fourth-order valence-electron chi connectivity index (χ4n) is 4.05. The van der Waals surface area contributed by atoms with E-state index in [-0.39, 0.29) is 5.91 Å². The molecule has 0 bridgehead atoms. The van der Waals surface area contributed by atoms with E-state index in [1.54, 1.807) is 4.90 Å². The van der Waals surface area contributed by atoms with E-state index in [0.717, 1.165) is 48.6 Å². The van der Waals surface area contributed by atoms with Gasteiger partial charge in [-0.15, -0.1) is 0 Å². The van der Waals surface area contributed by atoms with Crippen molar-refractivity contribution in [1.29, 1.82) is 0 Å². The molecule has 1 atom stereocenters. The molecule has 3 rings (SSSR count). The number of alkyl halides is 3. The van der Waals surface area contributed by atoms with Crippen molar-refractivity contribution < 1.29 is 18.0 Å².